The van der Waals surface area contributed by atoms with Crippen LogP contribution in [-0.4, -0.2) is 25.2 Å². The van der Waals surface area contributed by atoms with Gasteiger partial charge in [-0.3, -0.25) is 0 Å². The predicted molar refractivity (Wildman–Crippen MR) is 105 cm³/mol. The molecule has 0 amide bonds. The Morgan fingerprint density at radius 3 is 2.43 bits per heavy atom. The molecule has 3 nitrogen and oxygen atoms in total. The zero-order valence-corrected chi connectivity index (χ0v) is 15.5. The van der Waals surface area contributed by atoms with Crippen molar-refractivity contribution in [3.05, 3.63) is 89.0 Å². The number of ether oxygens (including phenoxy) is 2. The van der Waals surface area contributed by atoms with E-state index in [1.807, 2.05) is 42.5 Å². The molecular formula is C22H16ClF2NO2. The molecule has 0 N–H and O–H groups in total. The highest BCUT2D eigenvalue weighted by Gasteiger charge is 2.25. The summed E-state index contributed by atoms with van der Waals surface area (Å²) in [5.74, 6) is -0.948. The van der Waals surface area contributed by atoms with Crippen molar-refractivity contribution in [2.75, 3.05) is 13.2 Å². The summed E-state index contributed by atoms with van der Waals surface area (Å²) in [5, 5.41) is 0.476. The molecule has 0 radical (unpaired) electrons. The monoisotopic (exact) mass is 399 g/mol. The summed E-state index contributed by atoms with van der Waals surface area (Å²) < 4.78 is 38.8. The van der Waals surface area contributed by atoms with Gasteiger partial charge in [-0.05, 0) is 35.4 Å². The molecule has 142 valence electrons. The molecule has 1 unspecified atom stereocenters. The fraction of sp³-hybridized carbons (Fsp3) is 0.136. The third kappa shape index (κ3) is 3.85. The molecule has 0 bridgehead atoms. The van der Waals surface area contributed by atoms with Gasteiger partial charge in [0, 0.05) is 0 Å². The average Bonchev–Trinajstić information content (AvgIpc) is 3.16. The smallest absolute Gasteiger partial charge is 0.222 e. The van der Waals surface area contributed by atoms with Crippen LogP contribution in [-0.2, 0) is 4.74 Å². The van der Waals surface area contributed by atoms with Crippen molar-refractivity contribution in [1.29, 1.82) is 0 Å². The van der Waals surface area contributed by atoms with Crippen LogP contribution in [0.5, 0.6) is 5.75 Å². The minimum absolute atomic E-state index is 0.0466. The van der Waals surface area contributed by atoms with E-state index in [1.165, 1.54) is 18.2 Å². The lowest BCUT2D eigenvalue weighted by Gasteiger charge is -2.11. The van der Waals surface area contributed by atoms with Crippen molar-refractivity contribution in [1.82, 2.24) is 0 Å². The van der Waals surface area contributed by atoms with Gasteiger partial charge in [0.05, 0.1) is 5.02 Å². The topological polar surface area (TPSA) is 30.8 Å². The van der Waals surface area contributed by atoms with Crippen LogP contribution in [0.25, 0.3) is 11.1 Å². The second-order valence-corrected chi connectivity index (χ2v) is 6.73. The molecule has 0 spiro atoms. The maximum Gasteiger partial charge on any atom is 0.222 e. The minimum atomic E-state index is -0.708. The first-order valence-corrected chi connectivity index (χ1v) is 9.12. The summed E-state index contributed by atoms with van der Waals surface area (Å²) in [7, 11) is 0. The molecule has 0 aromatic heterocycles. The fourth-order valence-corrected chi connectivity index (χ4v) is 3.19. The molecule has 0 aliphatic carbocycles. The number of halogens is 3. The van der Waals surface area contributed by atoms with Crippen LogP contribution in [0.3, 0.4) is 0 Å². The van der Waals surface area contributed by atoms with Crippen LogP contribution in [0.15, 0.2) is 71.7 Å². The Balaban J connectivity index is 1.45. The molecule has 3 aromatic carbocycles. The summed E-state index contributed by atoms with van der Waals surface area (Å²) in [6.45, 7) is 0.368. The van der Waals surface area contributed by atoms with E-state index < -0.39 is 11.6 Å². The van der Waals surface area contributed by atoms with Gasteiger partial charge in [-0.2, -0.15) is 0 Å². The SMILES string of the molecule is Fc1cccc(F)c1C1=NC(COc2ccc(-c3ccccc3)cc2Cl)CO1. The number of hydrogen-bond acceptors (Lipinski definition) is 3. The van der Waals surface area contributed by atoms with Gasteiger partial charge in [-0.25, -0.2) is 13.8 Å². The summed E-state index contributed by atoms with van der Waals surface area (Å²) in [5.41, 5.74) is 1.79. The summed E-state index contributed by atoms with van der Waals surface area (Å²) >= 11 is 6.34. The zero-order valence-electron chi connectivity index (χ0n) is 14.7. The third-order valence-electron chi connectivity index (χ3n) is 4.36. The highest BCUT2D eigenvalue weighted by Crippen LogP contribution is 2.30. The van der Waals surface area contributed by atoms with Gasteiger partial charge < -0.3 is 9.47 Å². The van der Waals surface area contributed by atoms with E-state index in [2.05, 4.69) is 4.99 Å². The quantitative estimate of drug-likeness (QED) is 0.566. The lowest BCUT2D eigenvalue weighted by atomic mass is 10.1. The van der Waals surface area contributed by atoms with Gasteiger partial charge in [0.2, 0.25) is 5.90 Å². The largest absolute Gasteiger partial charge is 0.490 e. The zero-order chi connectivity index (χ0) is 19.5. The van der Waals surface area contributed by atoms with E-state index in [4.69, 9.17) is 21.1 Å². The molecule has 1 atom stereocenters. The highest BCUT2D eigenvalue weighted by atomic mass is 35.5. The molecule has 0 fully saturated rings. The van der Waals surface area contributed by atoms with Crippen molar-refractivity contribution >= 4 is 17.5 Å². The van der Waals surface area contributed by atoms with Gasteiger partial charge in [0.15, 0.2) is 0 Å². The number of nitrogens with zero attached hydrogens (tertiary/aromatic N) is 1. The molecular weight excluding hydrogens is 384 g/mol. The third-order valence-corrected chi connectivity index (χ3v) is 4.65. The first-order valence-electron chi connectivity index (χ1n) is 8.74. The average molecular weight is 400 g/mol. The molecule has 1 aliphatic heterocycles. The Hall–Kier alpha value is -2.92. The van der Waals surface area contributed by atoms with Crippen molar-refractivity contribution in [2.24, 2.45) is 4.99 Å². The van der Waals surface area contributed by atoms with Crippen LogP contribution >= 0.6 is 11.6 Å². The number of rotatable bonds is 5. The van der Waals surface area contributed by atoms with Crippen LogP contribution in [0.1, 0.15) is 5.56 Å². The lowest BCUT2D eigenvalue weighted by Crippen LogP contribution is -2.17. The van der Waals surface area contributed by atoms with Crippen LogP contribution in [0.4, 0.5) is 8.78 Å². The van der Waals surface area contributed by atoms with Gasteiger partial charge >= 0.3 is 0 Å². The molecule has 6 heteroatoms. The first-order chi connectivity index (χ1) is 13.6. The molecule has 3 aromatic rings. The Morgan fingerprint density at radius 2 is 1.71 bits per heavy atom. The van der Waals surface area contributed by atoms with Crippen molar-refractivity contribution in [3.8, 4) is 16.9 Å². The summed E-state index contributed by atoms with van der Waals surface area (Å²) in [6, 6.07) is 18.7. The predicted octanol–water partition coefficient (Wildman–Crippen LogP) is 5.51. The maximum absolute atomic E-state index is 13.9. The van der Waals surface area contributed by atoms with Gasteiger partial charge in [-0.1, -0.05) is 54.1 Å². The summed E-state index contributed by atoms with van der Waals surface area (Å²) in [4.78, 5) is 4.24. The van der Waals surface area contributed by atoms with E-state index in [-0.39, 0.29) is 30.7 Å². The van der Waals surface area contributed by atoms with E-state index in [9.17, 15) is 8.78 Å². The van der Waals surface area contributed by atoms with E-state index in [1.54, 1.807) is 6.07 Å². The van der Waals surface area contributed by atoms with Crippen molar-refractivity contribution in [3.63, 3.8) is 0 Å². The molecule has 0 saturated heterocycles. The molecule has 0 saturated carbocycles. The second-order valence-electron chi connectivity index (χ2n) is 6.32. The van der Waals surface area contributed by atoms with E-state index >= 15 is 0 Å². The number of aliphatic imine (C=N–C) groups is 1. The molecule has 1 aliphatic rings. The van der Waals surface area contributed by atoms with Gasteiger partial charge in [0.25, 0.3) is 0 Å². The standard InChI is InChI=1S/C22H16ClF2NO2/c23-17-11-15(14-5-2-1-3-6-14)9-10-20(17)27-12-16-13-28-22(26-16)21-18(24)7-4-8-19(21)25/h1-11,16H,12-13H2. The van der Waals surface area contributed by atoms with E-state index in [0.717, 1.165) is 11.1 Å². The van der Waals surface area contributed by atoms with Gasteiger partial charge in [0.1, 0.15) is 42.2 Å². The lowest BCUT2D eigenvalue weighted by molar-refractivity contribution is 0.242. The Labute approximate surface area is 166 Å². The second kappa shape index (κ2) is 7.98. The van der Waals surface area contributed by atoms with Crippen molar-refractivity contribution in [2.45, 2.75) is 6.04 Å². The fourth-order valence-electron chi connectivity index (χ4n) is 2.95. The molecule has 28 heavy (non-hydrogen) atoms. The maximum atomic E-state index is 13.9. The van der Waals surface area contributed by atoms with Crippen LogP contribution in [0, 0.1) is 11.6 Å². The minimum Gasteiger partial charge on any atom is -0.490 e. The molecule has 1 heterocycles. The number of hydrogen-bond donors (Lipinski definition) is 0. The van der Waals surface area contributed by atoms with E-state index in [0.29, 0.717) is 10.8 Å². The van der Waals surface area contributed by atoms with Gasteiger partial charge in [-0.15, -0.1) is 0 Å². The molecule has 4 rings (SSSR count). The van der Waals surface area contributed by atoms with Crippen LogP contribution in [0.2, 0.25) is 5.02 Å². The Morgan fingerprint density at radius 1 is 0.964 bits per heavy atom. The normalized spacial score (nSPS) is 15.8. The Kier molecular flexibility index (Phi) is 5.26. The Bertz CT molecular complexity index is 1000. The highest BCUT2D eigenvalue weighted by molar-refractivity contribution is 6.32. The first kappa shape index (κ1) is 18.4. The van der Waals surface area contributed by atoms with Crippen molar-refractivity contribution < 1.29 is 18.3 Å². The summed E-state index contributed by atoms with van der Waals surface area (Å²) in [6.07, 6.45) is 0. The number of benzene rings is 3. The van der Waals surface area contributed by atoms with Crippen LogP contribution < -0.4 is 4.74 Å².